The van der Waals surface area contributed by atoms with Crippen molar-refractivity contribution in [3.05, 3.63) is 78.4 Å². The van der Waals surface area contributed by atoms with E-state index >= 15 is 0 Å². The number of fused-ring (bicyclic) bond motifs is 1. The zero-order chi connectivity index (χ0) is 24.8. The van der Waals surface area contributed by atoms with Crippen LogP contribution < -0.4 is 23.8 Å². The van der Waals surface area contributed by atoms with Gasteiger partial charge in [0.25, 0.3) is 10.0 Å². The maximum Gasteiger partial charge on any atom is 0.264 e. The maximum atomic E-state index is 13.5. The molecule has 8 nitrogen and oxygen atoms in total. The van der Waals surface area contributed by atoms with Gasteiger partial charge in [-0.2, -0.15) is 0 Å². The van der Waals surface area contributed by atoms with Gasteiger partial charge in [0.1, 0.15) is 25.5 Å². The van der Waals surface area contributed by atoms with Crippen molar-refractivity contribution >= 4 is 21.6 Å². The molecule has 0 radical (unpaired) electrons. The molecular formula is C26H28N2O6S. The molecule has 4 rings (SSSR count). The van der Waals surface area contributed by atoms with E-state index in [9.17, 15) is 13.2 Å². The van der Waals surface area contributed by atoms with Gasteiger partial charge in [0.05, 0.1) is 23.2 Å². The normalized spacial score (nSPS) is 13.5. The van der Waals surface area contributed by atoms with E-state index in [1.807, 2.05) is 26.0 Å². The standard InChI is InChI=1S/C26H28N2O6S/c1-3-32-22-12-10-21(11-13-22)28(35(30,31)23-7-5-4-6-8-23)18-26(29)27-19(2)20-9-14-24-25(17-20)34-16-15-33-24/h4-14,17,19H,3,15-16,18H2,1-2H3,(H,27,29)/t19-/m0/s1. The predicted octanol–water partition coefficient (Wildman–Crippen LogP) is 3.93. The quantitative estimate of drug-likeness (QED) is 0.483. The number of benzene rings is 3. The van der Waals surface area contributed by atoms with Crippen molar-refractivity contribution in [1.82, 2.24) is 5.32 Å². The molecule has 1 aliphatic rings. The molecule has 0 aliphatic carbocycles. The smallest absolute Gasteiger partial charge is 0.264 e. The van der Waals surface area contributed by atoms with Crippen molar-refractivity contribution in [2.45, 2.75) is 24.8 Å². The van der Waals surface area contributed by atoms with E-state index in [1.165, 1.54) is 12.1 Å². The van der Waals surface area contributed by atoms with E-state index < -0.39 is 15.9 Å². The number of carbonyl (C=O) groups is 1. The van der Waals surface area contributed by atoms with Crippen molar-refractivity contribution in [2.75, 3.05) is 30.7 Å². The van der Waals surface area contributed by atoms with Gasteiger partial charge in [0, 0.05) is 0 Å². The number of rotatable bonds is 9. The van der Waals surface area contributed by atoms with Crippen molar-refractivity contribution < 1.29 is 27.4 Å². The predicted molar refractivity (Wildman–Crippen MR) is 133 cm³/mol. The summed E-state index contributed by atoms with van der Waals surface area (Å²) in [4.78, 5) is 13.1. The third-order valence-electron chi connectivity index (χ3n) is 5.50. The fourth-order valence-corrected chi connectivity index (χ4v) is 5.18. The summed E-state index contributed by atoms with van der Waals surface area (Å²) in [6, 6.07) is 19.8. The Balaban J connectivity index is 1.56. The largest absolute Gasteiger partial charge is 0.494 e. The van der Waals surface area contributed by atoms with Crippen LogP contribution in [0, 0.1) is 0 Å². The summed E-state index contributed by atoms with van der Waals surface area (Å²) in [6.45, 7) is 4.76. The fraction of sp³-hybridized carbons (Fsp3) is 0.269. The number of carbonyl (C=O) groups excluding carboxylic acids is 1. The first-order valence-corrected chi connectivity index (χ1v) is 12.8. The first-order valence-electron chi connectivity index (χ1n) is 11.4. The van der Waals surface area contributed by atoms with E-state index in [-0.39, 0.29) is 17.5 Å². The minimum absolute atomic E-state index is 0.0987. The topological polar surface area (TPSA) is 94.2 Å². The second-order valence-electron chi connectivity index (χ2n) is 7.94. The Morgan fingerprint density at radius 1 is 1.00 bits per heavy atom. The highest BCUT2D eigenvalue weighted by Gasteiger charge is 2.28. The maximum absolute atomic E-state index is 13.5. The van der Waals surface area contributed by atoms with Gasteiger partial charge in [-0.1, -0.05) is 24.3 Å². The number of ether oxygens (including phenoxy) is 3. The van der Waals surface area contributed by atoms with Crippen molar-refractivity contribution in [2.24, 2.45) is 0 Å². The molecule has 1 atom stereocenters. The number of sulfonamides is 1. The lowest BCUT2D eigenvalue weighted by atomic mass is 10.1. The summed E-state index contributed by atoms with van der Waals surface area (Å²) in [5.41, 5.74) is 1.18. The van der Waals surface area contributed by atoms with Gasteiger partial charge in [0.15, 0.2) is 11.5 Å². The van der Waals surface area contributed by atoms with Gasteiger partial charge in [-0.15, -0.1) is 0 Å². The third kappa shape index (κ3) is 5.68. The molecule has 0 unspecified atom stereocenters. The van der Waals surface area contributed by atoms with Crippen LogP contribution in [0.4, 0.5) is 5.69 Å². The van der Waals surface area contributed by atoms with Crippen molar-refractivity contribution in [1.29, 1.82) is 0 Å². The number of amides is 1. The molecule has 0 bridgehead atoms. The first kappa shape index (κ1) is 24.4. The Kier molecular flexibility index (Phi) is 7.45. The van der Waals surface area contributed by atoms with E-state index in [2.05, 4.69) is 5.32 Å². The molecule has 0 saturated heterocycles. The zero-order valence-corrected chi connectivity index (χ0v) is 20.5. The number of nitrogens with one attached hydrogen (secondary N) is 1. The molecule has 35 heavy (non-hydrogen) atoms. The van der Waals surface area contributed by atoms with E-state index in [0.29, 0.717) is 42.8 Å². The summed E-state index contributed by atoms with van der Waals surface area (Å²) < 4.78 is 44.7. The number of hydrogen-bond acceptors (Lipinski definition) is 6. The second kappa shape index (κ2) is 10.7. The van der Waals surface area contributed by atoms with Crippen LogP contribution in [0.2, 0.25) is 0 Å². The van der Waals surface area contributed by atoms with Crippen LogP contribution in [0.5, 0.6) is 17.2 Å². The molecule has 0 spiro atoms. The van der Waals surface area contributed by atoms with Crippen LogP contribution in [-0.2, 0) is 14.8 Å². The highest BCUT2D eigenvalue weighted by atomic mass is 32.2. The van der Waals surface area contributed by atoms with Gasteiger partial charge in [-0.3, -0.25) is 9.10 Å². The summed E-state index contributed by atoms with van der Waals surface area (Å²) in [5, 5.41) is 2.89. The van der Waals surface area contributed by atoms with E-state index in [1.54, 1.807) is 48.5 Å². The Bertz CT molecular complexity index is 1260. The highest BCUT2D eigenvalue weighted by Crippen LogP contribution is 2.32. The van der Waals surface area contributed by atoms with Gasteiger partial charge in [-0.25, -0.2) is 8.42 Å². The summed E-state index contributed by atoms with van der Waals surface area (Å²) in [5.74, 6) is 1.46. The molecule has 9 heteroatoms. The molecule has 1 amide bonds. The minimum atomic E-state index is -3.99. The van der Waals surface area contributed by atoms with Crippen molar-refractivity contribution in [3.8, 4) is 17.2 Å². The summed E-state index contributed by atoms with van der Waals surface area (Å²) in [7, 11) is -3.99. The fourth-order valence-electron chi connectivity index (χ4n) is 3.74. The van der Waals surface area contributed by atoms with Crippen LogP contribution >= 0.6 is 0 Å². The van der Waals surface area contributed by atoms with Crippen LogP contribution in [0.3, 0.4) is 0 Å². The monoisotopic (exact) mass is 496 g/mol. The molecule has 3 aromatic rings. The summed E-state index contributed by atoms with van der Waals surface area (Å²) >= 11 is 0. The Hall–Kier alpha value is -3.72. The molecule has 0 fully saturated rings. The average molecular weight is 497 g/mol. The van der Waals surface area contributed by atoms with E-state index in [0.717, 1.165) is 9.87 Å². The highest BCUT2D eigenvalue weighted by molar-refractivity contribution is 7.92. The lowest BCUT2D eigenvalue weighted by Gasteiger charge is -2.25. The molecule has 1 heterocycles. The second-order valence-corrected chi connectivity index (χ2v) is 9.81. The molecular weight excluding hydrogens is 468 g/mol. The number of hydrogen-bond donors (Lipinski definition) is 1. The van der Waals surface area contributed by atoms with Gasteiger partial charge in [-0.05, 0) is 67.9 Å². The number of anilines is 1. The lowest BCUT2D eigenvalue weighted by molar-refractivity contribution is -0.120. The van der Waals surface area contributed by atoms with Crippen molar-refractivity contribution in [3.63, 3.8) is 0 Å². The van der Waals surface area contributed by atoms with Crippen LogP contribution in [0.1, 0.15) is 25.5 Å². The molecule has 1 N–H and O–H groups in total. The van der Waals surface area contributed by atoms with E-state index in [4.69, 9.17) is 14.2 Å². The van der Waals surface area contributed by atoms with Gasteiger partial charge in [0.2, 0.25) is 5.91 Å². The molecule has 184 valence electrons. The Morgan fingerprint density at radius 2 is 1.69 bits per heavy atom. The molecule has 0 saturated carbocycles. The molecule has 3 aromatic carbocycles. The SMILES string of the molecule is CCOc1ccc(N(CC(=O)N[C@@H](C)c2ccc3c(c2)OCCO3)S(=O)(=O)c2ccccc2)cc1. The summed E-state index contributed by atoms with van der Waals surface area (Å²) in [6.07, 6.45) is 0. The Labute approximate surface area is 205 Å². The van der Waals surface area contributed by atoms with Crippen LogP contribution in [-0.4, -0.2) is 40.7 Å². The minimum Gasteiger partial charge on any atom is -0.494 e. The average Bonchev–Trinajstić information content (AvgIpc) is 2.88. The zero-order valence-electron chi connectivity index (χ0n) is 19.6. The van der Waals surface area contributed by atoms with Crippen LogP contribution in [0.15, 0.2) is 77.7 Å². The van der Waals surface area contributed by atoms with Gasteiger partial charge < -0.3 is 19.5 Å². The molecule has 1 aliphatic heterocycles. The number of nitrogens with zero attached hydrogens (tertiary/aromatic N) is 1. The molecule has 0 aromatic heterocycles. The van der Waals surface area contributed by atoms with Crippen LogP contribution in [0.25, 0.3) is 0 Å². The van der Waals surface area contributed by atoms with Gasteiger partial charge >= 0.3 is 0 Å². The third-order valence-corrected chi connectivity index (χ3v) is 7.29. The lowest BCUT2D eigenvalue weighted by Crippen LogP contribution is -2.41. The Morgan fingerprint density at radius 3 is 2.37 bits per heavy atom. The first-order chi connectivity index (χ1) is 16.9.